The first-order valence-electron chi connectivity index (χ1n) is 7.68. The molecule has 1 aliphatic rings. The predicted molar refractivity (Wildman–Crippen MR) is 78.8 cm³/mol. The maximum absolute atomic E-state index is 6.31. The number of hydrogen-bond donors (Lipinski definition) is 1. The lowest BCUT2D eigenvalue weighted by Crippen LogP contribution is -2.12. The van der Waals surface area contributed by atoms with E-state index >= 15 is 0 Å². The predicted octanol–water partition coefficient (Wildman–Crippen LogP) is 4.54. The molecule has 1 aliphatic carbocycles. The summed E-state index contributed by atoms with van der Waals surface area (Å²) < 4.78 is 0. The fraction of sp³-hybridized carbons (Fsp3) is 0.647. The molecule has 0 fully saturated rings. The second kappa shape index (κ2) is 6.94. The fourth-order valence-electron chi connectivity index (χ4n) is 2.94. The van der Waals surface area contributed by atoms with Gasteiger partial charge in [0.05, 0.1) is 0 Å². The van der Waals surface area contributed by atoms with Crippen LogP contribution in [-0.4, -0.2) is 0 Å². The fourth-order valence-corrected chi connectivity index (χ4v) is 2.94. The Morgan fingerprint density at radius 2 is 1.83 bits per heavy atom. The highest BCUT2D eigenvalue weighted by Crippen LogP contribution is 2.26. The van der Waals surface area contributed by atoms with Gasteiger partial charge in [0.25, 0.3) is 0 Å². The minimum atomic E-state index is 0.245. The molecule has 100 valence electrons. The first-order chi connectivity index (χ1) is 8.81. The van der Waals surface area contributed by atoms with Gasteiger partial charge in [0.2, 0.25) is 0 Å². The molecular formula is C17H27N. The van der Waals surface area contributed by atoms with Crippen LogP contribution < -0.4 is 5.73 Å². The summed E-state index contributed by atoms with van der Waals surface area (Å²) in [5.74, 6) is 0. The van der Waals surface area contributed by atoms with E-state index in [0.29, 0.717) is 0 Å². The number of rotatable bonds is 6. The van der Waals surface area contributed by atoms with Crippen LogP contribution >= 0.6 is 0 Å². The van der Waals surface area contributed by atoms with Gasteiger partial charge in [-0.3, -0.25) is 0 Å². The highest BCUT2D eigenvalue weighted by Gasteiger charge is 2.12. The van der Waals surface area contributed by atoms with E-state index in [1.165, 1.54) is 56.9 Å². The van der Waals surface area contributed by atoms with Crippen LogP contribution in [0, 0.1) is 0 Å². The Morgan fingerprint density at radius 3 is 2.61 bits per heavy atom. The quantitative estimate of drug-likeness (QED) is 0.732. The third-order valence-electron chi connectivity index (χ3n) is 4.17. The number of fused-ring (bicyclic) bond motifs is 1. The zero-order valence-corrected chi connectivity index (χ0v) is 11.8. The van der Waals surface area contributed by atoms with Crippen molar-refractivity contribution in [3.05, 3.63) is 34.9 Å². The number of aryl methyl sites for hydroxylation is 2. The van der Waals surface area contributed by atoms with Crippen molar-refractivity contribution in [1.29, 1.82) is 0 Å². The van der Waals surface area contributed by atoms with Gasteiger partial charge < -0.3 is 5.73 Å². The Hall–Kier alpha value is -0.820. The van der Waals surface area contributed by atoms with Gasteiger partial charge in [-0.2, -0.15) is 0 Å². The first kappa shape index (κ1) is 13.6. The van der Waals surface area contributed by atoms with E-state index in [0.717, 1.165) is 6.42 Å². The summed E-state index contributed by atoms with van der Waals surface area (Å²) in [4.78, 5) is 0. The van der Waals surface area contributed by atoms with Crippen molar-refractivity contribution in [2.75, 3.05) is 0 Å². The Balaban J connectivity index is 1.91. The summed E-state index contributed by atoms with van der Waals surface area (Å²) in [6.07, 6.45) is 11.6. The highest BCUT2D eigenvalue weighted by atomic mass is 14.6. The van der Waals surface area contributed by atoms with Gasteiger partial charge >= 0.3 is 0 Å². The van der Waals surface area contributed by atoms with Crippen molar-refractivity contribution in [3.8, 4) is 0 Å². The molecule has 0 heterocycles. The minimum absolute atomic E-state index is 0.245. The monoisotopic (exact) mass is 245 g/mol. The summed E-state index contributed by atoms with van der Waals surface area (Å²) >= 11 is 0. The third kappa shape index (κ3) is 3.58. The molecule has 0 radical (unpaired) electrons. The molecule has 1 aromatic carbocycles. The lowest BCUT2D eigenvalue weighted by molar-refractivity contribution is 0.564. The van der Waals surface area contributed by atoms with Crippen molar-refractivity contribution in [3.63, 3.8) is 0 Å². The summed E-state index contributed by atoms with van der Waals surface area (Å²) in [6.45, 7) is 2.25. The van der Waals surface area contributed by atoms with Gasteiger partial charge in [0.1, 0.15) is 0 Å². The molecule has 0 aliphatic heterocycles. The Kier molecular flexibility index (Phi) is 5.25. The first-order valence-corrected chi connectivity index (χ1v) is 7.68. The number of nitrogens with two attached hydrogens (primary N) is 1. The van der Waals surface area contributed by atoms with Gasteiger partial charge in [-0.15, -0.1) is 0 Å². The van der Waals surface area contributed by atoms with Gasteiger partial charge in [0.15, 0.2) is 0 Å². The SMILES string of the molecule is CCCCCCC(N)c1ccc2c(c1)CCCC2. The second-order valence-corrected chi connectivity index (χ2v) is 5.69. The van der Waals surface area contributed by atoms with Crippen molar-refractivity contribution in [2.45, 2.75) is 70.8 Å². The average Bonchev–Trinajstić information content (AvgIpc) is 2.43. The van der Waals surface area contributed by atoms with Gasteiger partial charge in [-0.25, -0.2) is 0 Å². The molecule has 1 unspecified atom stereocenters. The Bertz CT molecular complexity index is 370. The van der Waals surface area contributed by atoms with Crippen LogP contribution in [0.5, 0.6) is 0 Å². The lowest BCUT2D eigenvalue weighted by Gasteiger charge is -2.19. The maximum Gasteiger partial charge on any atom is 0.0294 e. The molecule has 1 aromatic rings. The van der Waals surface area contributed by atoms with Crippen LogP contribution in [0.15, 0.2) is 18.2 Å². The van der Waals surface area contributed by atoms with Crippen LogP contribution in [0.25, 0.3) is 0 Å². The van der Waals surface area contributed by atoms with E-state index in [1.54, 1.807) is 11.1 Å². The number of unbranched alkanes of at least 4 members (excludes halogenated alkanes) is 3. The molecule has 2 N–H and O–H groups in total. The molecule has 0 aromatic heterocycles. The van der Waals surface area contributed by atoms with E-state index in [4.69, 9.17) is 5.73 Å². The van der Waals surface area contributed by atoms with E-state index in [2.05, 4.69) is 25.1 Å². The Labute approximate surface area is 112 Å². The van der Waals surface area contributed by atoms with Gasteiger partial charge in [0, 0.05) is 6.04 Å². The zero-order chi connectivity index (χ0) is 12.8. The molecule has 18 heavy (non-hydrogen) atoms. The smallest absolute Gasteiger partial charge is 0.0294 e. The molecule has 1 heteroatoms. The summed E-state index contributed by atoms with van der Waals surface area (Å²) in [5, 5.41) is 0. The van der Waals surface area contributed by atoms with E-state index < -0.39 is 0 Å². The van der Waals surface area contributed by atoms with E-state index in [1.807, 2.05) is 0 Å². The standard InChI is InChI=1S/C17H27N/c1-2-3-4-5-10-17(18)16-12-11-14-8-6-7-9-15(14)13-16/h11-13,17H,2-10,18H2,1H3. The van der Waals surface area contributed by atoms with Gasteiger partial charge in [-0.05, 0) is 48.8 Å². The largest absolute Gasteiger partial charge is 0.324 e. The maximum atomic E-state index is 6.31. The number of hydrogen-bond acceptors (Lipinski definition) is 1. The molecule has 0 bridgehead atoms. The van der Waals surface area contributed by atoms with Crippen molar-refractivity contribution < 1.29 is 0 Å². The second-order valence-electron chi connectivity index (χ2n) is 5.69. The molecule has 2 rings (SSSR count). The molecule has 1 atom stereocenters. The highest BCUT2D eigenvalue weighted by molar-refractivity contribution is 5.35. The molecule has 0 saturated carbocycles. The minimum Gasteiger partial charge on any atom is -0.324 e. The normalized spacial score (nSPS) is 16.3. The van der Waals surface area contributed by atoms with Crippen LogP contribution in [0.2, 0.25) is 0 Å². The number of benzene rings is 1. The van der Waals surface area contributed by atoms with Crippen molar-refractivity contribution in [2.24, 2.45) is 5.73 Å². The average molecular weight is 245 g/mol. The molecular weight excluding hydrogens is 218 g/mol. The summed E-state index contributed by atoms with van der Waals surface area (Å²) in [6, 6.07) is 7.19. The van der Waals surface area contributed by atoms with Crippen molar-refractivity contribution in [1.82, 2.24) is 0 Å². The third-order valence-corrected chi connectivity index (χ3v) is 4.17. The molecule has 0 spiro atoms. The van der Waals surface area contributed by atoms with Crippen LogP contribution in [0.3, 0.4) is 0 Å². The Morgan fingerprint density at radius 1 is 1.06 bits per heavy atom. The molecule has 1 nitrogen and oxygen atoms in total. The van der Waals surface area contributed by atoms with Crippen LogP contribution in [0.1, 0.15) is 74.6 Å². The van der Waals surface area contributed by atoms with E-state index in [-0.39, 0.29) is 6.04 Å². The molecule has 0 saturated heterocycles. The topological polar surface area (TPSA) is 26.0 Å². The molecule has 0 amide bonds. The van der Waals surface area contributed by atoms with Gasteiger partial charge in [-0.1, -0.05) is 50.8 Å². The van der Waals surface area contributed by atoms with Crippen LogP contribution in [0.4, 0.5) is 0 Å². The summed E-state index contributed by atoms with van der Waals surface area (Å²) in [5.41, 5.74) is 10.8. The van der Waals surface area contributed by atoms with Crippen LogP contribution in [-0.2, 0) is 12.8 Å². The zero-order valence-electron chi connectivity index (χ0n) is 11.8. The van der Waals surface area contributed by atoms with E-state index in [9.17, 15) is 0 Å². The lowest BCUT2D eigenvalue weighted by atomic mass is 9.88. The summed E-state index contributed by atoms with van der Waals surface area (Å²) in [7, 11) is 0. The van der Waals surface area contributed by atoms with Crippen molar-refractivity contribution >= 4 is 0 Å².